The van der Waals surface area contributed by atoms with E-state index in [1.165, 1.54) is 5.56 Å². The van der Waals surface area contributed by atoms with Gasteiger partial charge in [-0.3, -0.25) is 4.79 Å². The van der Waals surface area contributed by atoms with Crippen molar-refractivity contribution in [2.75, 3.05) is 6.54 Å². The Balaban J connectivity index is 0.00000103. The minimum Gasteiger partial charge on any atom is -0.480 e. The van der Waals surface area contributed by atoms with Crippen molar-refractivity contribution in [3.63, 3.8) is 0 Å². The first-order chi connectivity index (χ1) is 8.81. The second kappa shape index (κ2) is 7.75. The Labute approximate surface area is 111 Å². The molecule has 0 spiro atoms. The number of carbonyl (C=O) groups is 1. The van der Waals surface area contributed by atoms with Crippen LogP contribution in [0, 0.1) is 0 Å². The fourth-order valence-corrected chi connectivity index (χ4v) is 1.99. The molecule has 1 unspecified atom stereocenters. The number of nitrogens with one attached hydrogen (secondary N) is 1. The first kappa shape index (κ1) is 14.6. The molecule has 1 aromatic rings. The number of hydrogen-bond donors (Lipinski definition) is 1. The summed E-state index contributed by atoms with van der Waals surface area (Å²) in [6.07, 6.45) is 2.45. The second-order valence-electron chi connectivity index (χ2n) is 4.00. The van der Waals surface area contributed by atoms with E-state index in [-0.39, 0.29) is 13.4 Å². The molecule has 1 aliphatic rings. The largest absolute Gasteiger partial charge is 0.480 e. The van der Waals surface area contributed by atoms with Crippen LogP contribution < -0.4 is 10.1 Å². The number of fused-ring (bicyclic) bond motifs is 1. The Bertz CT molecular complexity index is 382. The van der Waals surface area contributed by atoms with Gasteiger partial charge in [-0.25, -0.2) is 0 Å². The molecule has 0 saturated heterocycles. The quantitative estimate of drug-likeness (QED) is 0.876. The highest BCUT2D eigenvalue weighted by Gasteiger charge is 2.23. The van der Waals surface area contributed by atoms with Crippen LogP contribution in [-0.2, 0) is 11.2 Å². The number of carbonyl (C=O) groups excluding carboxylic acids is 1. The van der Waals surface area contributed by atoms with E-state index in [4.69, 9.17) is 4.74 Å². The smallest absolute Gasteiger partial charge is 0.261 e. The number of benzene rings is 1. The Morgan fingerprint density at radius 2 is 2.17 bits per heavy atom. The number of amides is 1. The van der Waals surface area contributed by atoms with Gasteiger partial charge in [-0.15, -0.1) is 0 Å². The first-order valence-corrected chi connectivity index (χ1v) is 6.83. The van der Waals surface area contributed by atoms with Crippen LogP contribution in [-0.4, -0.2) is 18.6 Å². The lowest BCUT2D eigenvalue weighted by Crippen LogP contribution is -2.37. The average Bonchev–Trinajstić information content (AvgIpc) is 2.63. The van der Waals surface area contributed by atoms with Gasteiger partial charge < -0.3 is 10.1 Å². The molecular weight excluding hydrogens is 226 g/mol. The first-order valence-electron chi connectivity index (χ1n) is 6.83. The van der Waals surface area contributed by atoms with Crippen LogP contribution in [0.25, 0.3) is 0 Å². The number of aryl methyl sites for hydroxylation is 1. The zero-order valence-corrected chi connectivity index (χ0v) is 11.5. The Morgan fingerprint density at radius 1 is 1.44 bits per heavy atom. The highest BCUT2D eigenvalue weighted by atomic mass is 16.5. The molecule has 3 heteroatoms. The summed E-state index contributed by atoms with van der Waals surface area (Å²) in [5, 5.41) is 2.81. The molecule has 0 bridgehead atoms. The van der Waals surface area contributed by atoms with Crippen molar-refractivity contribution in [1.29, 1.82) is 0 Å². The van der Waals surface area contributed by atoms with Gasteiger partial charge in [-0.2, -0.15) is 0 Å². The summed E-state index contributed by atoms with van der Waals surface area (Å²) in [5.74, 6) is 0.857. The van der Waals surface area contributed by atoms with Crippen molar-refractivity contribution in [1.82, 2.24) is 5.32 Å². The summed E-state index contributed by atoms with van der Waals surface area (Å²) in [6, 6.07) is 7.95. The van der Waals surface area contributed by atoms with Gasteiger partial charge in [0.05, 0.1) is 0 Å². The van der Waals surface area contributed by atoms with E-state index in [2.05, 4.69) is 11.4 Å². The van der Waals surface area contributed by atoms with Crippen LogP contribution in [0.5, 0.6) is 5.75 Å². The van der Waals surface area contributed by atoms with Gasteiger partial charge >= 0.3 is 0 Å². The van der Waals surface area contributed by atoms with Crippen LogP contribution in [0.2, 0.25) is 0 Å². The number of hydrogen-bond acceptors (Lipinski definition) is 2. The molecule has 1 N–H and O–H groups in total. The highest BCUT2D eigenvalue weighted by molar-refractivity contribution is 5.81. The highest BCUT2D eigenvalue weighted by Crippen LogP contribution is 2.26. The van der Waals surface area contributed by atoms with Crippen molar-refractivity contribution in [3.05, 3.63) is 29.8 Å². The van der Waals surface area contributed by atoms with Crippen LogP contribution >= 0.6 is 0 Å². The van der Waals surface area contributed by atoms with Crippen LogP contribution in [0.1, 0.15) is 40.6 Å². The normalized spacial score (nSPS) is 17.4. The van der Waals surface area contributed by atoms with Gasteiger partial charge in [-0.05, 0) is 37.8 Å². The fraction of sp³-hybridized carbons (Fsp3) is 0.533. The summed E-state index contributed by atoms with van der Waals surface area (Å²) in [5.41, 5.74) is 1.20. The Hall–Kier alpha value is -1.51. The Morgan fingerprint density at radius 3 is 2.89 bits per heavy atom. The number of ether oxygens (including phenoxy) is 1. The standard InChI is InChI=1S/C13H17NO2.C2H6.H2/c1-2-14-13(15)12-9-5-7-10-6-3-4-8-11(10)16-12;1-2;/h3-4,6,8,12H,2,5,7,9H2,1H3,(H,14,15);1-2H3;1H. The van der Waals surface area contributed by atoms with Gasteiger partial charge in [0.1, 0.15) is 5.75 Å². The van der Waals surface area contributed by atoms with Crippen molar-refractivity contribution in [3.8, 4) is 5.75 Å². The minimum atomic E-state index is -0.330. The fourth-order valence-electron chi connectivity index (χ4n) is 1.99. The van der Waals surface area contributed by atoms with Crippen molar-refractivity contribution >= 4 is 5.91 Å². The predicted octanol–water partition coefficient (Wildman–Crippen LogP) is 3.18. The third kappa shape index (κ3) is 3.76. The molecule has 1 heterocycles. The lowest BCUT2D eigenvalue weighted by Gasteiger charge is -2.16. The molecule has 0 saturated carbocycles. The molecule has 3 nitrogen and oxygen atoms in total. The predicted molar refractivity (Wildman–Crippen MR) is 75.9 cm³/mol. The van der Waals surface area contributed by atoms with Crippen LogP contribution in [0.3, 0.4) is 0 Å². The lowest BCUT2D eigenvalue weighted by atomic mass is 10.1. The second-order valence-corrected chi connectivity index (χ2v) is 4.00. The zero-order chi connectivity index (χ0) is 13.4. The van der Waals surface area contributed by atoms with Gasteiger partial charge in [-0.1, -0.05) is 32.0 Å². The summed E-state index contributed by atoms with van der Waals surface area (Å²) >= 11 is 0. The third-order valence-corrected chi connectivity index (χ3v) is 2.80. The van der Waals surface area contributed by atoms with E-state index >= 15 is 0 Å². The molecule has 1 aliphatic heterocycles. The van der Waals surface area contributed by atoms with Crippen molar-refractivity contribution in [2.45, 2.75) is 46.1 Å². The molecule has 102 valence electrons. The lowest BCUT2D eigenvalue weighted by molar-refractivity contribution is -0.128. The Kier molecular flexibility index (Phi) is 6.26. The van der Waals surface area contributed by atoms with E-state index in [0.717, 1.165) is 25.0 Å². The maximum absolute atomic E-state index is 11.7. The van der Waals surface area contributed by atoms with Gasteiger partial charge in [0.2, 0.25) is 0 Å². The van der Waals surface area contributed by atoms with Crippen molar-refractivity contribution < 1.29 is 11.0 Å². The van der Waals surface area contributed by atoms with E-state index in [1.54, 1.807) is 0 Å². The molecule has 0 fully saturated rings. The molecule has 1 atom stereocenters. The summed E-state index contributed by atoms with van der Waals surface area (Å²) in [4.78, 5) is 11.7. The number of likely N-dealkylation sites (N-methyl/N-ethyl adjacent to an activating group) is 1. The van der Waals surface area contributed by atoms with E-state index < -0.39 is 0 Å². The SMILES string of the molecule is CC.CCNC(=O)C1CCCc2ccccc2O1.[HH]. The van der Waals surface area contributed by atoms with Crippen molar-refractivity contribution in [2.24, 2.45) is 0 Å². The van der Waals surface area contributed by atoms with Gasteiger partial charge in [0, 0.05) is 7.97 Å². The molecule has 1 amide bonds. The van der Waals surface area contributed by atoms with E-state index in [9.17, 15) is 4.79 Å². The van der Waals surface area contributed by atoms with Gasteiger partial charge in [0.25, 0.3) is 5.91 Å². The summed E-state index contributed by atoms with van der Waals surface area (Å²) in [6.45, 7) is 6.57. The molecular formula is C15H25NO2. The van der Waals surface area contributed by atoms with E-state index in [1.807, 2.05) is 39.0 Å². The van der Waals surface area contributed by atoms with Gasteiger partial charge in [0.15, 0.2) is 6.10 Å². The average molecular weight is 251 g/mol. The maximum atomic E-state index is 11.7. The molecule has 0 aliphatic carbocycles. The van der Waals surface area contributed by atoms with Crippen LogP contribution in [0.4, 0.5) is 0 Å². The molecule has 1 aromatic carbocycles. The van der Waals surface area contributed by atoms with Crippen LogP contribution in [0.15, 0.2) is 24.3 Å². The molecule has 18 heavy (non-hydrogen) atoms. The minimum absolute atomic E-state index is 0. The molecule has 2 rings (SSSR count). The molecule has 0 radical (unpaired) electrons. The molecule has 0 aromatic heterocycles. The zero-order valence-electron chi connectivity index (χ0n) is 11.5. The monoisotopic (exact) mass is 251 g/mol. The number of rotatable bonds is 2. The summed E-state index contributed by atoms with van der Waals surface area (Å²) < 4.78 is 5.76. The summed E-state index contributed by atoms with van der Waals surface area (Å²) in [7, 11) is 0. The third-order valence-electron chi connectivity index (χ3n) is 2.80. The topological polar surface area (TPSA) is 38.3 Å². The van der Waals surface area contributed by atoms with E-state index in [0.29, 0.717) is 6.54 Å². The maximum Gasteiger partial charge on any atom is 0.261 e. The number of para-hydroxylation sites is 1.